The summed E-state index contributed by atoms with van der Waals surface area (Å²) in [6.45, 7) is 5.68. The van der Waals surface area contributed by atoms with E-state index in [0.29, 0.717) is 0 Å². The number of hydrogen-bond acceptors (Lipinski definition) is 4. The van der Waals surface area contributed by atoms with Crippen molar-refractivity contribution >= 4 is 21.4 Å². The lowest BCUT2D eigenvalue weighted by Crippen LogP contribution is -2.40. The molecule has 0 fully saturated rings. The molecular formula is C16H26N2O3S. The van der Waals surface area contributed by atoms with Gasteiger partial charge in [0.15, 0.2) is 9.84 Å². The predicted molar refractivity (Wildman–Crippen MR) is 90.9 cm³/mol. The highest BCUT2D eigenvalue weighted by Gasteiger charge is 2.19. The highest BCUT2D eigenvalue weighted by atomic mass is 32.2. The third kappa shape index (κ3) is 6.15. The molecule has 0 aliphatic rings. The first-order valence-electron chi connectivity index (χ1n) is 7.56. The summed E-state index contributed by atoms with van der Waals surface area (Å²) in [6.07, 6.45) is 0.912. The van der Waals surface area contributed by atoms with E-state index in [1.54, 1.807) is 18.9 Å². The number of nitrogens with one attached hydrogen (secondary N) is 1. The second kappa shape index (κ2) is 8.29. The molecule has 0 aliphatic carbocycles. The zero-order valence-electron chi connectivity index (χ0n) is 13.8. The molecule has 22 heavy (non-hydrogen) atoms. The van der Waals surface area contributed by atoms with Crippen LogP contribution in [-0.2, 0) is 21.1 Å². The maximum absolute atomic E-state index is 12.1. The van der Waals surface area contributed by atoms with Crippen molar-refractivity contribution in [3.05, 3.63) is 29.8 Å². The molecule has 0 saturated carbocycles. The van der Waals surface area contributed by atoms with Crippen molar-refractivity contribution in [3.8, 4) is 0 Å². The average Bonchev–Trinajstić information content (AvgIpc) is 2.46. The number of rotatable bonds is 8. The molecule has 1 amide bonds. The smallest absolute Gasteiger partial charge is 0.238 e. The van der Waals surface area contributed by atoms with Gasteiger partial charge in [0.1, 0.15) is 0 Å². The van der Waals surface area contributed by atoms with Crippen molar-refractivity contribution in [1.29, 1.82) is 0 Å². The highest BCUT2D eigenvalue weighted by molar-refractivity contribution is 7.91. The van der Waals surface area contributed by atoms with E-state index in [9.17, 15) is 13.2 Å². The summed E-state index contributed by atoms with van der Waals surface area (Å²) in [5.74, 6) is 0.0521. The van der Waals surface area contributed by atoms with Crippen molar-refractivity contribution in [3.63, 3.8) is 0 Å². The van der Waals surface area contributed by atoms with Crippen LogP contribution in [0.15, 0.2) is 24.3 Å². The van der Waals surface area contributed by atoms with Crippen LogP contribution < -0.4 is 5.32 Å². The minimum Gasteiger partial charge on any atom is -0.325 e. The van der Waals surface area contributed by atoms with E-state index in [1.807, 2.05) is 31.2 Å². The Bertz CT molecular complexity index is 599. The standard InChI is InChI=1S/C16H26N2O3S/c1-5-14-8-7-9-15(10-14)17-16(19)11-18(4)13(3)12-22(20,21)6-2/h7-10,13H,5-6,11-12H2,1-4H3,(H,17,19)/t13-/m1/s1. The van der Waals surface area contributed by atoms with Crippen LogP contribution in [0.2, 0.25) is 0 Å². The van der Waals surface area contributed by atoms with E-state index in [0.717, 1.165) is 17.7 Å². The Balaban J connectivity index is 2.56. The Morgan fingerprint density at radius 3 is 2.59 bits per heavy atom. The predicted octanol–water partition coefficient (Wildman–Crippen LogP) is 1.94. The van der Waals surface area contributed by atoms with Crippen LogP contribution >= 0.6 is 0 Å². The fourth-order valence-corrected chi connectivity index (χ4v) is 3.29. The number of likely N-dealkylation sites (N-methyl/N-ethyl adjacent to an activating group) is 1. The molecule has 1 rings (SSSR count). The third-order valence-corrected chi connectivity index (χ3v) is 5.57. The molecular weight excluding hydrogens is 300 g/mol. The van der Waals surface area contributed by atoms with Crippen molar-refractivity contribution in [1.82, 2.24) is 4.90 Å². The lowest BCUT2D eigenvalue weighted by molar-refractivity contribution is -0.117. The third-order valence-electron chi connectivity index (χ3n) is 3.70. The lowest BCUT2D eigenvalue weighted by atomic mass is 10.1. The molecule has 0 aliphatic heterocycles. The molecule has 0 aromatic heterocycles. The number of sulfone groups is 1. The summed E-state index contributed by atoms with van der Waals surface area (Å²) in [5, 5.41) is 2.85. The SMILES string of the molecule is CCc1cccc(NC(=O)CN(C)[C@H](C)CS(=O)(=O)CC)c1. The topological polar surface area (TPSA) is 66.5 Å². The second-order valence-electron chi connectivity index (χ2n) is 5.57. The molecule has 1 aromatic carbocycles. The average molecular weight is 326 g/mol. The van der Waals surface area contributed by atoms with Gasteiger partial charge in [-0.3, -0.25) is 9.69 Å². The molecule has 124 valence electrons. The van der Waals surface area contributed by atoms with E-state index in [4.69, 9.17) is 0 Å². The summed E-state index contributed by atoms with van der Waals surface area (Å²) in [6, 6.07) is 7.52. The summed E-state index contributed by atoms with van der Waals surface area (Å²) in [7, 11) is -1.28. The van der Waals surface area contributed by atoms with E-state index < -0.39 is 9.84 Å². The zero-order chi connectivity index (χ0) is 16.8. The van der Waals surface area contributed by atoms with E-state index >= 15 is 0 Å². The minimum atomic E-state index is -3.04. The Morgan fingerprint density at radius 2 is 2.00 bits per heavy atom. The van der Waals surface area contributed by atoms with Gasteiger partial charge in [0.25, 0.3) is 0 Å². The van der Waals surface area contributed by atoms with Gasteiger partial charge in [0, 0.05) is 17.5 Å². The van der Waals surface area contributed by atoms with Crippen molar-refractivity contribution < 1.29 is 13.2 Å². The van der Waals surface area contributed by atoms with Gasteiger partial charge in [0.05, 0.1) is 12.3 Å². The molecule has 6 heteroatoms. The number of anilines is 1. The number of benzene rings is 1. The summed E-state index contributed by atoms with van der Waals surface area (Å²) >= 11 is 0. The largest absolute Gasteiger partial charge is 0.325 e. The van der Waals surface area contributed by atoms with Gasteiger partial charge in [-0.1, -0.05) is 26.0 Å². The molecule has 0 radical (unpaired) electrons. The highest BCUT2D eigenvalue weighted by Crippen LogP contribution is 2.11. The Kier molecular flexibility index (Phi) is 7.03. The number of carbonyl (C=O) groups excluding carboxylic acids is 1. The van der Waals surface area contributed by atoms with E-state index in [1.165, 1.54) is 0 Å². The van der Waals surface area contributed by atoms with Gasteiger partial charge in [0.2, 0.25) is 5.91 Å². The monoisotopic (exact) mass is 326 g/mol. The molecule has 1 aromatic rings. The normalized spacial score (nSPS) is 13.1. The van der Waals surface area contributed by atoms with Crippen LogP contribution in [0, 0.1) is 0 Å². The van der Waals surface area contributed by atoms with Gasteiger partial charge in [-0.25, -0.2) is 8.42 Å². The Hall–Kier alpha value is -1.40. The molecule has 0 spiro atoms. The van der Waals surface area contributed by atoms with Gasteiger partial charge >= 0.3 is 0 Å². The zero-order valence-corrected chi connectivity index (χ0v) is 14.6. The lowest BCUT2D eigenvalue weighted by Gasteiger charge is -2.23. The quantitative estimate of drug-likeness (QED) is 0.793. The van der Waals surface area contributed by atoms with Crippen molar-refractivity contribution in [2.75, 3.05) is 30.4 Å². The number of nitrogens with zero attached hydrogens (tertiary/aromatic N) is 1. The van der Waals surface area contributed by atoms with Crippen LogP contribution in [0.25, 0.3) is 0 Å². The molecule has 1 atom stereocenters. The van der Waals surface area contributed by atoms with Gasteiger partial charge in [-0.2, -0.15) is 0 Å². The maximum atomic E-state index is 12.1. The number of hydrogen-bond donors (Lipinski definition) is 1. The van der Waals surface area contributed by atoms with Gasteiger partial charge in [-0.15, -0.1) is 0 Å². The van der Waals surface area contributed by atoms with Crippen LogP contribution in [0.3, 0.4) is 0 Å². The fourth-order valence-electron chi connectivity index (χ4n) is 2.06. The summed E-state index contributed by atoms with van der Waals surface area (Å²) in [5.41, 5.74) is 1.93. The van der Waals surface area contributed by atoms with Gasteiger partial charge in [-0.05, 0) is 38.1 Å². The van der Waals surface area contributed by atoms with Crippen LogP contribution in [-0.4, -0.2) is 50.4 Å². The van der Waals surface area contributed by atoms with E-state index in [-0.39, 0.29) is 30.0 Å². The molecule has 0 heterocycles. The number of carbonyl (C=O) groups is 1. The minimum absolute atomic E-state index is 0.0681. The number of amides is 1. The van der Waals surface area contributed by atoms with Crippen LogP contribution in [0.4, 0.5) is 5.69 Å². The first kappa shape index (κ1) is 18.6. The fraction of sp³-hybridized carbons (Fsp3) is 0.562. The Morgan fingerprint density at radius 1 is 1.32 bits per heavy atom. The first-order chi connectivity index (χ1) is 10.3. The second-order valence-corrected chi connectivity index (χ2v) is 7.96. The maximum Gasteiger partial charge on any atom is 0.238 e. The van der Waals surface area contributed by atoms with E-state index in [2.05, 4.69) is 12.2 Å². The summed E-state index contributed by atoms with van der Waals surface area (Å²) in [4.78, 5) is 13.8. The molecule has 0 saturated heterocycles. The molecule has 0 bridgehead atoms. The summed E-state index contributed by atoms with van der Waals surface area (Å²) < 4.78 is 23.3. The first-order valence-corrected chi connectivity index (χ1v) is 9.39. The molecule has 1 N–H and O–H groups in total. The van der Waals surface area contributed by atoms with Crippen LogP contribution in [0.1, 0.15) is 26.3 Å². The number of aryl methyl sites for hydroxylation is 1. The Labute approximate surface area is 133 Å². The molecule has 5 nitrogen and oxygen atoms in total. The van der Waals surface area contributed by atoms with Crippen molar-refractivity contribution in [2.24, 2.45) is 0 Å². The van der Waals surface area contributed by atoms with Gasteiger partial charge < -0.3 is 5.32 Å². The van der Waals surface area contributed by atoms with Crippen molar-refractivity contribution in [2.45, 2.75) is 33.2 Å². The van der Waals surface area contributed by atoms with Crippen LogP contribution in [0.5, 0.6) is 0 Å². The molecule has 0 unspecified atom stereocenters.